The summed E-state index contributed by atoms with van der Waals surface area (Å²) >= 11 is 8.03. The zero-order valence-corrected chi connectivity index (χ0v) is 14.4. The highest BCUT2D eigenvalue weighted by molar-refractivity contribution is 9.09. The van der Waals surface area contributed by atoms with Gasteiger partial charge in [-0.2, -0.15) is 12.6 Å². The number of imide groups is 1. The molecule has 0 saturated carbocycles. The number of ether oxygens (including phenoxy) is 1. The second kappa shape index (κ2) is 6.60. The van der Waals surface area contributed by atoms with Gasteiger partial charge >= 0.3 is 0 Å². The average molecular weight is 385 g/mol. The highest BCUT2D eigenvalue weighted by Gasteiger charge is 2.39. The molecule has 7 heteroatoms. The Labute approximate surface area is 142 Å². The molecule has 2 amide bonds. The summed E-state index contributed by atoms with van der Waals surface area (Å²) < 4.78 is 5.76. The summed E-state index contributed by atoms with van der Waals surface area (Å²) in [6.45, 7) is 1.19. The zero-order chi connectivity index (χ0) is 15.7. The second-order valence-electron chi connectivity index (χ2n) is 5.37. The number of amides is 2. The molecule has 3 rings (SSSR count). The highest BCUT2D eigenvalue weighted by Crippen LogP contribution is 2.42. The van der Waals surface area contributed by atoms with Gasteiger partial charge < -0.3 is 4.74 Å². The Kier molecular flexibility index (Phi) is 4.75. The average Bonchev–Trinajstić information content (AvgIpc) is 2.83. The summed E-state index contributed by atoms with van der Waals surface area (Å²) in [5.74, 6) is 0.409. The van der Waals surface area contributed by atoms with Crippen LogP contribution in [-0.4, -0.2) is 34.7 Å². The van der Waals surface area contributed by atoms with Crippen LogP contribution in [0.2, 0.25) is 0 Å². The fourth-order valence-electron chi connectivity index (χ4n) is 3.00. The van der Waals surface area contributed by atoms with Gasteiger partial charge in [-0.3, -0.25) is 19.8 Å². The second-order valence-corrected chi connectivity index (χ2v) is 6.66. The third kappa shape index (κ3) is 2.89. The number of hydrogen-bond acceptors (Lipinski definition) is 5. The lowest BCUT2D eigenvalue weighted by atomic mass is 10.0. The molecule has 22 heavy (non-hydrogen) atoms. The smallest absolute Gasteiger partial charge is 0.243 e. The fraction of sp³-hybridized carbons (Fsp3) is 0.467. The first-order valence-corrected chi connectivity index (χ1v) is 8.83. The minimum atomic E-state index is -0.323. The fourth-order valence-corrected chi connectivity index (χ4v) is 3.65. The molecule has 2 unspecified atom stereocenters. The number of thiol groups is 1. The summed E-state index contributed by atoms with van der Waals surface area (Å²) in [5, 5.41) is 3.01. The van der Waals surface area contributed by atoms with Gasteiger partial charge in [0, 0.05) is 23.9 Å². The van der Waals surface area contributed by atoms with E-state index in [1.165, 1.54) is 0 Å². The third-order valence-corrected chi connectivity index (χ3v) is 4.95. The largest absolute Gasteiger partial charge is 0.492 e. The Balaban J connectivity index is 1.83. The maximum atomic E-state index is 12.1. The lowest BCUT2D eigenvalue weighted by Crippen LogP contribution is -2.51. The van der Waals surface area contributed by atoms with Crippen molar-refractivity contribution in [2.24, 2.45) is 0 Å². The number of carbonyl (C=O) groups excluding carboxylic acids is 2. The van der Waals surface area contributed by atoms with Crippen LogP contribution in [-0.2, 0) is 16.1 Å². The van der Waals surface area contributed by atoms with Gasteiger partial charge in [-0.1, -0.05) is 28.1 Å². The molecule has 1 fully saturated rings. The number of fused-ring (bicyclic) bond motifs is 1. The Hall–Kier alpha value is -1.05. The van der Waals surface area contributed by atoms with Gasteiger partial charge in [-0.25, -0.2) is 0 Å². The SMILES string of the molecule is O=C1CCC(N2Cc3c(OCCBr)cccc3C2S)C(=O)N1. The number of piperidine rings is 1. The molecule has 0 radical (unpaired) electrons. The zero-order valence-electron chi connectivity index (χ0n) is 11.9. The summed E-state index contributed by atoms with van der Waals surface area (Å²) in [6.07, 6.45) is 0.907. The van der Waals surface area contributed by atoms with E-state index in [0.717, 1.165) is 22.2 Å². The van der Waals surface area contributed by atoms with E-state index in [1.807, 2.05) is 23.1 Å². The van der Waals surface area contributed by atoms with Gasteiger partial charge in [0.05, 0.1) is 18.0 Å². The number of benzene rings is 1. The van der Waals surface area contributed by atoms with Crippen molar-refractivity contribution in [3.8, 4) is 5.75 Å². The number of nitrogens with zero attached hydrogens (tertiary/aromatic N) is 1. The molecule has 2 atom stereocenters. The molecule has 0 bridgehead atoms. The number of nitrogens with one attached hydrogen (secondary N) is 1. The molecule has 2 aliphatic heterocycles. The monoisotopic (exact) mass is 384 g/mol. The van der Waals surface area contributed by atoms with E-state index in [-0.39, 0.29) is 23.2 Å². The van der Waals surface area contributed by atoms with Crippen molar-refractivity contribution in [2.75, 3.05) is 11.9 Å². The van der Waals surface area contributed by atoms with Crippen LogP contribution in [0.3, 0.4) is 0 Å². The van der Waals surface area contributed by atoms with Crippen LogP contribution in [0, 0.1) is 0 Å². The standard InChI is InChI=1S/C15H17BrN2O3S/c16-6-7-21-12-3-1-2-9-10(12)8-18(15(9)22)11-4-5-13(19)17-14(11)20/h1-3,11,15,22H,4-8H2,(H,17,19,20). The highest BCUT2D eigenvalue weighted by atomic mass is 79.9. The van der Waals surface area contributed by atoms with Gasteiger partial charge in [-0.15, -0.1) is 0 Å². The van der Waals surface area contributed by atoms with Crippen LogP contribution in [0.5, 0.6) is 5.75 Å². The number of carbonyl (C=O) groups is 2. The van der Waals surface area contributed by atoms with Crippen LogP contribution in [0.25, 0.3) is 0 Å². The van der Waals surface area contributed by atoms with E-state index < -0.39 is 0 Å². The first-order valence-electron chi connectivity index (χ1n) is 7.20. The van der Waals surface area contributed by atoms with Crippen molar-refractivity contribution >= 4 is 40.4 Å². The number of halogens is 1. The molecule has 0 spiro atoms. The molecular weight excluding hydrogens is 368 g/mol. The summed E-state index contributed by atoms with van der Waals surface area (Å²) in [4.78, 5) is 25.4. The number of hydrogen-bond donors (Lipinski definition) is 2. The van der Waals surface area contributed by atoms with Crippen molar-refractivity contribution in [1.82, 2.24) is 10.2 Å². The molecule has 1 aromatic carbocycles. The molecule has 5 nitrogen and oxygen atoms in total. The van der Waals surface area contributed by atoms with Crippen molar-refractivity contribution < 1.29 is 14.3 Å². The summed E-state index contributed by atoms with van der Waals surface area (Å²) in [6, 6.07) is 5.58. The maximum absolute atomic E-state index is 12.1. The van der Waals surface area contributed by atoms with E-state index in [2.05, 4.69) is 33.9 Å². The van der Waals surface area contributed by atoms with Gasteiger partial charge in [-0.05, 0) is 18.1 Å². The van der Waals surface area contributed by atoms with Gasteiger partial charge in [0.2, 0.25) is 11.8 Å². The van der Waals surface area contributed by atoms with E-state index in [4.69, 9.17) is 4.74 Å². The molecule has 1 aromatic rings. The number of alkyl halides is 1. The predicted octanol–water partition coefficient (Wildman–Crippen LogP) is 2.01. The Morgan fingerprint density at radius 2 is 2.23 bits per heavy atom. The summed E-state index contributed by atoms with van der Waals surface area (Å²) in [7, 11) is 0. The minimum absolute atomic E-state index is 0.161. The lowest BCUT2D eigenvalue weighted by Gasteiger charge is -2.32. The Bertz CT molecular complexity index is 610. The quantitative estimate of drug-likeness (QED) is 0.473. The van der Waals surface area contributed by atoms with Crippen LogP contribution < -0.4 is 10.1 Å². The topological polar surface area (TPSA) is 58.6 Å². The van der Waals surface area contributed by atoms with Gasteiger partial charge in [0.15, 0.2) is 0 Å². The lowest BCUT2D eigenvalue weighted by molar-refractivity contribution is -0.137. The predicted molar refractivity (Wildman–Crippen MR) is 89.2 cm³/mol. The Morgan fingerprint density at radius 3 is 2.95 bits per heavy atom. The summed E-state index contributed by atoms with van der Waals surface area (Å²) in [5.41, 5.74) is 2.15. The third-order valence-electron chi connectivity index (χ3n) is 4.05. The van der Waals surface area contributed by atoms with E-state index in [0.29, 0.717) is 26.0 Å². The molecule has 2 aliphatic rings. The number of rotatable bonds is 4. The van der Waals surface area contributed by atoms with Crippen LogP contribution in [0.1, 0.15) is 29.3 Å². The first kappa shape index (κ1) is 15.8. The minimum Gasteiger partial charge on any atom is -0.492 e. The van der Waals surface area contributed by atoms with Gasteiger partial charge in [0.25, 0.3) is 0 Å². The van der Waals surface area contributed by atoms with Crippen molar-refractivity contribution in [2.45, 2.75) is 30.8 Å². The molecular formula is C15H17BrN2O3S. The molecule has 1 N–H and O–H groups in total. The van der Waals surface area contributed by atoms with Crippen LogP contribution in [0.15, 0.2) is 18.2 Å². The molecule has 0 aromatic heterocycles. The van der Waals surface area contributed by atoms with Crippen molar-refractivity contribution in [3.05, 3.63) is 29.3 Å². The van der Waals surface area contributed by atoms with Crippen molar-refractivity contribution in [3.63, 3.8) is 0 Å². The van der Waals surface area contributed by atoms with E-state index in [9.17, 15) is 9.59 Å². The Morgan fingerprint density at radius 1 is 1.41 bits per heavy atom. The van der Waals surface area contributed by atoms with Crippen LogP contribution >= 0.6 is 28.6 Å². The van der Waals surface area contributed by atoms with Gasteiger partial charge in [0.1, 0.15) is 5.75 Å². The van der Waals surface area contributed by atoms with E-state index >= 15 is 0 Å². The molecule has 1 saturated heterocycles. The maximum Gasteiger partial charge on any atom is 0.243 e. The molecule has 0 aliphatic carbocycles. The normalized spacial score (nSPS) is 25.0. The van der Waals surface area contributed by atoms with Crippen LogP contribution in [0.4, 0.5) is 0 Å². The van der Waals surface area contributed by atoms with Crippen molar-refractivity contribution in [1.29, 1.82) is 0 Å². The molecule has 2 heterocycles. The molecule has 118 valence electrons. The van der Waals surface area contributed by atoms with E-state index in [1.54, 1.807) is 0 Å². The first-order chi connectivity index (χ1) is 10.6.